The summed E-state index contributed by atoms with van der Waals surface area (Å²) >= 11 is 0. The van der Waals surface area contributed by atoms with Crippen LogP contribution in [-0.4, -0.2) is 84.1 Å². The maximum absolute atomic E-state index is 12.1. The van der Waals surface area contributed by atoms with E-state index in [1.54, 1.807) is 19.1 Å². The number of hydrogen-bond acceptors (Lipinski definition) is 9. The van der Waals surface area contributed by atoms with E-state index in [0.29, 0.717) is 17.6 Å². The first-order valence-electron chi connectivity index (χ1n) is 12.7. The van der Waals surface area contributed by atoms with Crippen LogP contribution in [0.1, 0.15) is 39.2 Å². The van der Waals surface area contributed by atoms with Crippen LogP contribution in [0.5, 0.6) is 0 Å². The minimum Gasteiger partial charge on any atom is -0.393 e. The van der Waals surface area contributed by atoms with Gasteiger partial charge in [0, 0.05) is 17.4 Å². The highest BCUT2D eigenvalue weighted by molar-refractivity contribution is 5.36. The molecule has 5 aliphatic rings. The number of hydrogen-bond donors (Lipinski definition) is 6. The summed E-state index contributed by atoms with van der Waals surface area (Å²) in [5, 5.41) is 68.5. The van der Waals surface area contributed by atoms with Crippen LogP contribution in [0.25, 0.3) is 0 Å². The summed E-state index contributed by atoms with van der Waals surface area (Å²) in [6.07, 6.45) is -5.52. The molecule has 5 fully saturated rings. The van der Waals surface area contributed by atoms with Gasteiger partial charge in [-0.3, -0.25) is 0 Å². The minimum absolute atomic E-state index is 0.251. The van der Waals surface area contributed by atoms with Crippen molar-refractivity contribution >= 4 is 0 Å². The van der Waals surface area contributed by atoms with E-state index < -0.39 is 77.2 Å². The second-order valence-electron chi connectivity index (χ2n) is 11.9. The summed E-state index contributed by atoms with van der Waals surface area (Å²) in [5.41, 5.74) is -6.11. The van der Waals surface area contributed by atoms with E-state index in [-0.39, 0.29) is 12.3 Å². The molecule has 1 aromatic carbocycles. The summed E-state index contributed by atoms with van der Waals surface area (Å²) in [5.74, 6) is -4.49. The predicted molar refractivity (Wildman–Crippen MR) is 125 cm³/mol. The van der Waals surface area contributed by atoms with E-state index in [1.165, 1.54) is 0 Å². The Kier molecular flexibility index (Phi) is 5.10. The van der Waals surface area contributed by atoms with Gasteiger partial charge in [0.05, 0.1) is 24.4 Å². The molecule has 9 nitrogen and oxygen atoms in total. The predicted octanol–water partition coefficient (Wildman–Crippen LogP) is 0.159. The molecular weight excluding hydrogens is 468 g/mol. The van der Waals surface area contributed by atoms with Gasteiger partial charge in [-0.15, -0.1) is 0 Å². The zero-order valence-corrected chi connectivity index (χ0v) is 20.7. The molecule has 3 saturated carbocycles. The van der Waals surface area contributed by atoms with Gasteiger partial charge in [-0.2, -0.15) is 0 Å². The maximum atomic E-state index is 12.1. The lowest BCUT2D eigenvalue weighted by Crippen LogP contribution is -2.73. The van der Waals surface area contributed by atoms with Gasteiger partial charge >= 0.3 is 5.97 Å². The van der Waals surface area contributed by atoms with Crippen LogP contribution in [0.2, 0.25) is 0 Å². The van der Waals surface area contributed by atoms with Gasteiger partial charge in [-0.1, -0.05) is 50.8 Å². The Morgan fingerprint density at radius 1 is 1.06 bits per heavy atom. The zero-order chi connectivity index (χ0) is 26.1. The van der Waals surface area contributed by atoms with Gasteiger partial charge in [0.25, 0.3) is 0 Å². The summed E-state index contributed by atoms with van der Waals surface area (Å²) in [6.45, 7) is 8.64. The Morgan fingerprint density at radius 2 is 1.72 bits per heavy atom. The van der Waals surface area contributed by atoms with E-state index >= 15 is 0 Å². The molecule has 13 atom stereocenters. The van der Waals surface area contributed by atoms with E-state index in [9.17, 15) is 30.6 Å². The number of rotatable bonds is 3. The molecule has 6 N–H and O–H groups in total. The van der Waals surface area contributed by atoms with Crippen molar-refractivity contribution in [3.05, 3.63) is 48.0 Å². The average Bonchev–Trinajstić information content (AvgIpc) is 3.22. The monoisotopic (exact) mass is 504 g/mol. The standard InChI is InChI=1S/C27H36O9/c1-13(2)24-11-15(4)26-17-10-14(3)19(29)25(17,33)22(31)23(32,12-28)20(30)18(26)21(24)34-27(35-24,36-26)16-8-6-5-7-9-16/h5-9,14-15,17-22,28-33H,1,10-12H2,2-4H3/t14-,15-,17+,18+,19+,20+,21-,22-,23-,24+,25-,26+,27-/m1/s1. The fraction of sp³-hybridized carbons (Fsp3) is 0.704. The van der Waals surface area contributed by atoms with Crippen LogP contribution < -0.4 is 0 Å². The quantitative estimate of drug-likeness (QED) is 0.317. The van der Waals surface area contributed by atoms with Crippen molar-refractivity contribution in [2.24, 2.45) is 23.7 Å². The van der Waals surface area contributed by atoms with Gasteiger partial charge in [0.1, 0.15) is 29.0 Å². The smallest absolute Gasteiger partial charge is 0.313 e. The third kappa shape index (κ3) is 2.52. The highest BCUT2D eigenvalue weighted by Gasteiger charge is 2.84. The molecule has 36 heavy (non-hydrogen) atoms. The molecule has 1 aromatic rings. The second-order valence-corrected chi connectivity index (χ2v) is 11.9. The molecule has 2 saturated heterocycles. The molecule has 2 aliphatic heterocycles. The number of ether oxygens (including phenoxy) is 3. The fourth-order valence-electron chi connectivity index (χ4n) is 8.43. The molecule has 6 rings (SSSR count). The first-order valence-corrected chi connectivity index (χ1v) is 12.7. The number of aliphatic hydroxyl groups excluding tert-OH is 4. The van der Waals surface area contributed by atoms with E-state index in [0.717, 1.165) is 0 Å². The molecule has 0 amide bonds. The van der Waals surface area contributed by atoms with E-state index in [2.05, 4.69) is 6.58 Å². The molecule has 0 aromatic heterocycles. The minimum atomic E-state index is -2.57. The van der Waals surface area contributed by atoms with E-state index in [1.807, 2.05) is 32.0 Å². The molecule has 2 heterocycles. The van der Waals surface area contributed by atoms with Crippen LogP contribution in [-0.2, 0) is 20.2 Å². The Balaban J connectivity index is 1.67. The Bertz CT molecular complexity index is 1080. The van der Waals surface area contributed by atoms with Crippen LogP contribution in [0.15, 0.2) is 42.5 Å². The summed E-state index contributed by atoms with van der Waals surface area (Å²) in [4.78, 5) is 0. The Labute approximate surface area is 209 Å². The lowest BCUT2D eigenvalue weighted by molar-refractivity contribution is -0.446. The topological polar surface area (TPSA) is 149 Å². The van der Waals surface area contributed by atoms with Gasteiger partial charge in [-0.05, 0) is 37.2 Å². The molecule has 0 unspecified atom stereocenters. The molecule has 0 spiro atoms. The molecular formula is C27H36O9. The van der Waals surface area contributed by atoms with Crippen LogP contribution in [0, 0.1) is 23.7 Å². The fourth-order valence-corrected chi connectivity index (χ4v) is 8.43. The van der Waals surface area contributed by atoms with Crippen LogP contribution in [0.4, 0.5) is 0 Å². The number of benzene rings is 1. The van der Waals surface area contributed by atoms with Crippen molar-refractivity contribution < 1.29 is 44.8 Å². The van der Waals surface area contributed by atoms with Crippen molar-refractivity contribution in [2.75, 3.05) is 6.61 Å². The summed E-state index contributed by atoms with van der Waals surface area (Å²) in [7, 11) is 0. The first-order chi connectivity index (χ1) is 16.8. The normalized spacial score (nSPS) is 57.2. The first kappa shape index (κ1) is 24.9. The summed E-state index contributed by atoms with van der Waals surface area (Å²) < 4.78 is 20.1. The maximum Gasteiger partial charge on any atom is 0.313 e. The van der Waals surface area contributed by atoms with Crippen molar-refractivity contribution in [3.8, 4) is 0 Å². The zero-order valence-electron chi connectivity index (χ0n) is 20.7. The summed E-state index contributed by atoms with van der Waals surface area (Å²) in [6, 6.07) is 9.11. The SMILES string of the molecule is C=C(C)[C@@]12C[C@@H](C)[C@@]34O[C@](c5ccccc5)(O[C@@H]1[C@@H]3[C@H](O)[C@](O)(CO)[C@@H](O)[C@]1(O)[C@@H](O)[C@H](C)C[C@@H]14)O2. The molecule has 0 radical (unpaired) electrons. The Hall–Kier alpha value is -1.40. The third-order valence-electron chi connectivity index (χ3n) is 10.2. The van der Waals surface area contributed by atoms with Gasteiger partial charge in [-0.25, -0.2) is 0 Å². The van der Waals surface area contributed by atoms with Gasteiger partial charge in [0.2, 0.25) is 0 Å². The number of fused-ring (bicyclic) bond motifs is 2. The largest absolute Gasteiger partial charge is 0.393 e. The van der Waals surface area contributed by atoms with Gasteiger partial charge in [0.15, 0.2) is 0 Å². The lowest BCUT2D eigenvalue weighted by Gasteiger charge is -2.61. The third-order valence-corrected chi connectivity index (χ3v) is 10.2. The number of aliphatic hydroxyl groups is 6. The molecule has 3 aliphatic carbocycles. The Morgan fingerprint density at radius 3 is 2.33 bits per heavy atom. The lowest BCUT2D eigenvalue weighted by atomic mass is 9.53. The highest BCUT2D eigenvalue weighted by Crippen LogP contribution is 2.71. The van der Waals surface area contributed by atoms with E-state index in [4.69, 9.17) is 14.2 Å². The van der Waals surface area contributed by atoms with Gasteiger partial charge < -0.3 is 44.8 Å². The average molecular weight is 505 g/mol. The van der Waals surface area contributed by atoms with Crippen molar-refractivity contribution in [1.82, 2.24) is 0 Å². The molecule has 198 valence electrons. The molecule has 3 bridgehead atoms. The van der Waals surface area contributed by atoms with Crippen molar-refractivity contribution in [3.63, 3.8) is 0 Å². The highest BCUT2D eigenvalue weighted by atomic mass is 16.9. The van der Waals surface area contributed by atoms with Crippen LogP contribution >= 0.6 is 0 Å². The van der Waals surface area contributed by atoms with Crippen molar-refractivity contribution in [2.45, 2.75) is 86.4 Å². The van der Waals surface area contributed by atoms with Crippen LogP contribution in [0.3, 0.4) is 0 Å². The second kappa shape index (κ2) is 7.37. The molecule has 9 heteroatoms. The van der Waals surface area contributed by atoms with Crippen molar-refractivity contribution in [1.29, 1.82) is 0 Å².